The lowest BCUT2D eigenvalue weighted by Crippen LogP contribution is -2.32. The minimum atomic E-state index is -0.954. The molecule has 0 saturated carbocycles. The van der Waals surface area contributed by atoms with Gasteiger partial charge >= 0.3 is 5.97 Å². The van der Waals surface area contributed by atoms with Crippen molar-refractivity contribution in [1.82, 2.24) is 9.55 Å². The number of carbonyl (C=O) groups is 1. The quantitative estimate of drug-likeness (QED) is 0.782. The van der Waals surface area contributed by atoms with Crippen molar-refractivity contribution < 1.29 is 9.90 Å². The molecule has 1 heterocycles. The number of rotatable bonds is 6. The Bertz CT molecular complexity index is 352. The van der Waals surface area contributed by atoms with Gasteiger partial charge in [-0.1, -0.05) is 0 Å². The number of imidazole rings is 1. The Balaban J connectivity index is 2.43. The van der Waals surface area contributed by atoms with E-state index >= 15 is 0 Å². The monoisotopic (exact) mass is 243 g/mol. The Morgan fingerprint density at radius 1 is 1.69 bits per heavy atom. The van der Waals surface area contributed by atoms with E-state index in [1.165, 1.54) is 11.8 Å². The number of carboxylic acid groups (broad SMARTS) is 1. The Kier molecular flexibility index (Phi) is 4.82. The van der Waals surface area contributed by atoms with E-state index in [1.807, 2.05) is 0 Å². The maximum absolute atomic E-state index is 10.5. The molecule has 0 aliphatic rings. The van der Waals surface area contributed by atoms with Crippen LogP contribution in [0.5, 0.6) is 0 Å². The summed E-state index contributed by atoms with van der Waals surface area (Å²) in [7, 11) is 0. The molecule has 90 valence electrons. The first-order valence-corrected chi connectivity index (χ1v) is 6.24. The van der Waals surface area contributed by atoms with Gasteiger partial charge in [0.05, 0.1) is 6.33 Å². The van der Waals surface area contributed by atoms with Crippen molar-refractivity contribution in [3.05, 3.63) is 18.2 Å². The summed E-state index contributed by atoms with van der Waals surface area (Å²) in [5, 5.41) is 8.63. The third kappa shape index (κ3) is 3.53. The van der Waals surface area contributed by atoms with Crippen molar-refractivity contribution in [2.45, 2.75) is 31.7 Å². The van der Waals surface area contributed by atoms with Crippen molar-refractivity contribution in [2.24, 2.45) is 5.73 Å². The third-order valence-corrected chi connectivity index (χ3v) is 3.26. The molecule has 0 aliphatic heterocycles. The van der Waals surface area contributed by atoms with Crippen molar-refractivity contribution >= 4 is 17.7 Å². The molecule has 0 bridgehead atoms. The molecule has 6 heteroatoms. The number of aromatic nitrogens is 2. The molecule has 1 aromatic rings. The number of thioether (sulfide) groups is 1. The van der Waals surface area contributed by atoms with Gasteiger partial charge in [-0.15, -0.1) is 0 Å². The van der Waals surface area contributed by atoms with E-state index < -0.39 is 12.0 Å². The Labute approximate surface area is 99.0 Å². The van der Waals surface area contributed by atoms with Gasteiger partial charge in [-0.2, -0.15) is 11.8 Å². The van der Waals surface area contributed by atoms with E-state index in [0.29, 0.717) is 11.8 Å². The van der Waals surface area contributed by atoms with Gasteiger partial charge < -0.3 is 15.4 Å². The van der Waals surface area contributed by atoms with Crippen molar-refractivity contribution in [2.75, 3.05) is 5.75 Å². The van der Waals surface area contributed by atoms with Gasteiger partial charge in [0, 0.05) is 29.4 Å². The molecule has 0 aliphatic carbocycles. The number of nitrogens with two attached hydrogens (primary N) is 1. The summed E-state index contributed by atoms with van der Waals surface area (Å²) in [6.07, 6.45) is 3.59. The largest absolute Gasteiger partial charge is 0.480 e. The standard InChI is InChI=1S/C10H17N3O2S/c1-7(2)13-6-12-3-8(13)4-16-5-9(11)10(14)15/h3,6-7,9H,4-5,11H2,1-2H3,(H,14,15)/t9-/m0/s1. The van der Waals surface area contributed by atoms with Gasteiger partial charge in [0.2, 0.25) is 0 Å². The fraction of sp³-hybridized carbons (Fsp3) is 0.600. The molecule has 0 saturated heterocycles. The van der Waals surface area contributed by atoms with E-state index in [-0.39, 0.29) is 0 Å². The molecule has 3 N–H and O–H groups in total. The second-order valence-electron chi connectivity index (χ2n) is 3.85. The topological polar surface area (TPSA) is 81.1 Å². The molecule has 0 fully saturated rings. The fourth-order valence-corrected chi connectivity index (χ4v) is 2.22. The molecule has 0 amide bonds. The van der Waals surface area contributed by atoms with Gasteiger partial charge in [0.15, 0.2) is 0 Å². The SMILES string of the molecule is CC(C)n1cncc1CSC[C@H](N)C(=O)O. The van der Waals surface area contributed by atoms with Gasteiger partial charge in [-0.05, 0) is 13.8 Å². The lowest BCUT2D eigenvalue weighted by molar-refractivity contribution is -0.137. The smallest absolute Gasteiger partial charge is 0.321 e. The summed E-state index contributed by atoms with van der Waals surface area (Å²) in [4.78, 5) is 14.6. The predicted molar refractivity (Wildman–Crippen MR) is 64.4 cm³/mol. The lowest BCUT2D eigenvalue weighted by atomic mass is 10.4. The van der Waals surface area contributed by atoms with Crippen LogP contribution in [-0.4, -0.2) is 32.4 Å². The van der Waals surface area contributed by atoms with Crippen LogP contribution in [0.4, 0.5) is 0 Å². The average molecular weight is 243 g/mol. The number of nitrogens with zero attached hydrogens (tertiary/aromatic N) is 2. The summed E-state index contributed by atoms with van der Waals surface area (Å²) in [5.41, 5.74) is 6.51. The molecule has 0 spiro atoms. The van der Waals surface area contributed by atoms with Gasteiger partial charge in [0.1, 0.15) is 6.04 Å². The molecule has 0 radical (unpaired) electrons. The molecular formula is C10H17N3O2S. The molecule has 16 heavy (non-hydrogen) atoms. The van der Waals surface area contributed by atoms with Crippen LogP contribution in [0.1, 0.15) is 25.6 Å². The fourth-order valence-electron chi connectivity index (χ4n) is 1.27. The molecule has 5 nitrogen and oxygen atoms in total. The zero-order valence-electron chi connectivity index (χ0n) is 9.46. The van der Waals surface area contributed by atoms with Crippen molar-refractivity contribution in [3.63, 3.8) is 0 Å². The minimum Gasteiger partial charge on any atom is -0.480 e. The molecule has 1 rings (SSSR count). The summed E-state index contributed by atoms with van der Waals surface area (Å²) >= 11 is 1.51. The number of hydrogen-bond donors (Lipinski definition) is 2. The van der Waals surface area contributed by atoms with Crippen LogP contribution in [0.3, 0.4) is 0 Å². The van der Waals surface area contributed by atoms with Crippen LogP contribution in [-0.2, 0) is 10.5 Å². The highest BCUT2D eigenvalue weighted by Crippen LogP contribution is 2.16. The first-order valence-electron chi connectivity index (χ1n) is 5.09. The zero-order valence-corrected chi connectivity index (χ0v) is 10.3. The molecule has 0 unspecified atom stereocenters. The van der Waals surface area contributed by atoms with Crippen LogP contribution >= 0.6 is 11.8 Å². The van der Waals surface area contributed by atoms with Gasteiger partial charge in [-0.25, -0.2) is 4.98 Å². The second kappa shape index (κ2) is 5.91. The predicted octanol–water partition coefficient (Wildman–Crippen LogP) is 1.11. The van der Waals surface area contributed by atoms with Crippen LogP contribution in [0, 0.1) is 0 Å². The van der Waals surface area contributed by atoms with E-state index in [0.717, 1.165) is 11.4 Å². The van der Waals surface area contributed by atoms with Crippen LogP contribution in [0.15, 0.2) is 12.5 Å². The Hall–Kier alpha value is -1.01. The van der Waals surface area contributed by atoms with Crippen LogP contribution < -0.4 is 5.73 Å². The normalized spacial score (nSPS) is 13.0. The molecule has 1 atom stereocenters. The maximum Gasteiger partial charge on any atom is 0.321 e. The van der Waals surface area contributed by atoms with Crippen molar-refractivity contribution in [3.8, 4) is 0 Å². The second-order valence-corrected chi connectivity index (χ2v) is 4.88. The van der Waals surface area contributed by atoms with Gasteiger partial charge in [0.25, 0.3) is 0 Å². The summed E-state index contributed by atoms with van der Waals surface area (Å²) in [6.45, 7) is 4.16. The maximum atomic E-state index is 10.5. The Morgan fingerprint density at radius 2 is 2.38 bits per heavy atom. The number of carboxylic acids is 1. The van der Waals surface area contributed by atoms with E-state index in [2.05, 4.69) is 23.4 Å². The van der Waals surface area contributed by atoms with E-state index in [9.17, 15) is 4.79 Å². The van der Waals surface area contributed by atoms with Crippen LogP contribution in [0.2, 0.25) is 0 Å². The lowest BCUT2D eigenvalue weighted by Gasteiger charge is -2.12. The summed E-state index contributed by atoms with van der Waals surface area (Å²) in [5.74, 6) is 0.197. The van der Waals surface area contributed by atoms with E-state index in [4.69, 9.17) is 10.8 Å². The highest BCUT2D eigenvalue weighted by molar-refractivity contribution is 7.98. The average Bonchev–Trinajstić information content (AvgIpc) is 2.65. The summed E-state index contributed by atoms with van der Waals surface area (Å²) < 4.78 is 2.07. The van der Waals surface area contributed by atoms with Gasteiger partial charge in [-0.3, -0.25) is 4.79 Å². The molecular weight excluding hydrogens is 226 g/mol. The molecule has 1 aromatic heterocycles. The first kappa shape index (κ1) is 13.1. The highest BCUT2D eigenvalue weighted by atomic mass is 32.2. The zero-order chi connectivity index (χ0) is 12.1. The van der Waals surface area contributed by atoms with Crippen molar-refractivity contribution in [1.29, 1.82) is 0 Å². The third-order valence-electron chi connectivity index (χ3n) is 2.17. The molecule has 0 aromatic carbocycles. The highest BCUT2D eigenvalue weighted by Gasteiger charge is 2.12. The number of hydrogen-bond acceptors (Lipinski definition) is 4. The van der Waals surface area contributed by atoms with E-state index in [1.54, 1.807) is 12.5 Å². The minimum absolute atomic E-state index is 0.367. The number of aliphatic carboxylic acids is 1. The Morgan fingerprint density at radius 3 is 2.94 bits per heavy atom. The first-order chi connectivity index (χ1) is 7.52. The summed E-state index contributed by atoms with van der Waals surface area (Å²) in [6, 6.07) is -0.424. The van der Waals surface area contributed by atoms with Crippen LogP contribution in [0.25, 0.3) is 0 Å².